The Balaban J connectivity index is 1.18. The molecule has 11 N–H and O–H groups in total. The smallest absolute Gasteiger partial charge is 0.208 e. The number of hydrogen-bond donors (Lipinski definition) is 11. The molecule has 1 aliphatic rings. The summed E-state index contributed by atoms with van der Waals surface area (Å²) < 4.78 is 7.97. The van der Waals surface area contributed by atoms with Gasteiger partial charge in [-0.2, -0.15) is 0 Å². The molecular weight excluding hydrogens is 857 g/mol. The summed E-state index contributed by atoms with van der Waals surface area (Å²) in [5.74, 6) is -9.62. The molecule has 15 nitrogen and oxygen atoms in total. The zero-order valence-corrected chi connectivity index (χ0v) is 35.1. The second-order valence-electron chi connectivity index (χ2n) is 15.7. The Morgan fingerprint density at radius 2 is 1.03 bits per heavy atom. The Labute approximate surface area is 379 Å². The first kappa shape index (κ1) is 41.5. The number of amidine groups is 2. The fraction of sp³-hybridized carbons (Fsp3) is 0.0385. The largest absolute Gasteiger partial charge is 0.504 e. The average Bonchev–Trinajstić information content (AvgIpc) is 3.70. The quantitative estimate of drug-likeness (QED) is 0.0504. The fourth-order valence-electron chi connectivity index (χ4n) is 8.67. The van der Waals surface area contributed by atoms with Gasteiger partial charge in [0.15, 0.2) is 34.6 Å². The molecule has 0 aliphatic carbocycles. The number of nitrogens with zero attached hydrogens (tertiary/aromatic N) is 3. The van der Waals surface area contributed by atoms with E-state index in [0.717, 1.165) is 22.3 Å². The normalized spacial score (nSPS) is 13.6. The Kier molecular flexibility index (Phi) is 9.87. The minimum atomic E-state index is -1.20. The van der Waals surface area contributed by atoms with Crippen LogP contribution in [0.3, 0.4) is 0 Å². The van der Waals surface area contributed by atoms with Gasteiger partial charge >= 0.3 is 0 Å². The number of aromatic nitrogens is 1. The highest BCUT2D eigenvalue weighted by atomic mass is 16.5. The first-order valence-electron chi connectivity index (χ1n) is 20.6. The SMILES string of the molecule is COc1c(-c2ccc(C3=NC(c4ccccc4)NC(c4ccccc4)=N3)cc2)cccc1-n1c2ccccc2c2c(-c3c(O)c(O)c(O)c(O)c3O)cc(-c3c(O)c(O)c(O)c(O)c3O)cc21. The van der Waals surface area contributed by atoms with Gasteiger partial charge in [-0.3, -0.25) is 0 Å². The topological polar surface area (TPSA) is 253 Å². The molecule has 0 radical (unpaired) electrons. The maximum absolute atomic E-state index is 11.3. The van der Waals surface area contributed by atoms with Crippen molar-refractivity contribution in [2.75, 3.05) is 7.11 Å². The molecule has 0 spiro atoms. The van der Waals surface area contributed by atoms with Gasteiger partial charge in [0.05, 0.1) is 35.0 Å². The number of nitrogens with one attached hydrogen (secondary N) is 1. The predicted molar refractivity (Wildman–Crippen MR) is 252 cm³/mol. The number of phenols is 10. The molecule has 67 heavy (non-hydrogen) atoms. The first-order valence-corrected chi connectivity index (χ1v) is 20.6. The van der Waals surface area contributed by atoms with Crippen molar-refractivity contribution in [2.24, 2.45) is 9.98 Å². The monoisotopic (exact) mass is 894 g/mol. The highest BCUT2D eigenvalue weighted by Crippen LogP contribution is 2.59. The van der Waals surface area contributed by atoms with Crippen molar-refractivity contribution in [3.05, 3.63) is 156 Å². The molecule has 1 unspecified atom stereocenters. The average molecular weight is 895 g/mol. The molecule has 0 saturated carbocycles. The zero-order valence-electron chi connectivity index (χ0n) is 35.1. The summed E-state index contributed by atoms with van der Waals surface area (Å²) in [4.78, 5) is 9.93. The zero-order chi connectivity index (χ0) is 46.8. The van der Waals surface area contributed by atoms with Crippen LogP contribution in [0.4, 0.5) is 0 Å². The lowest BCUT2D eigenvalue weighted by Crippen LogP contribution is -2.33. The van der Waals surface area contributed by atoms with Gasteiger partial charge in [0.2, 0.25) is 34.5 Å². The van der Waals surface area contributed by atoms with E-state index >= 15 is 0 Å². The van der Waals surface area contributed by atoms with E-state index in [1.165, 1.54) is 19.2 Å². The number of methoxy groups -OCH3 is 1. The molecule has 9 aromatic rings. The third kappa shape index (κ3) is 6.60. The van der Waals surface area contributed by atoms with Crippen molar-refractivity contribution in [2.45, 2.75) is 6.17 Å². The van der Waals surface area contributed by atoms with Crippen LogP contribution in [0.1, 0.15) is 22.9 Å². The number of ether oxygens (including phenoxy) is 1. The van der Waals surface area contributed by atoms with Crippen LogP contribution in [0.15, 0.2) is 150 Å². The van der Waals surface area contributed by atoms with Gasteiger partial charge in [0, 0.05) is 33.0 Å². The van der Waals surface area contributed by atoms with Gasteiger partial charge < -0.3 is 65.7 Å². The molecule has 1 atom stereocenters. The molecule has 1 aromatic heterocycles. The minimum Gasteiger partial charge on any atom is -0.504 e. The molecule has 0 saturated heterocycles. The lowest BCUT2D eigenvalue weighted by atomic mass is 9.91. The van der Waals surface area contributed by atoms with E-state index in [1.807, 2.05) is 97.1 Å². The highest BCUT2D eigenvalue weighted by Gasteiger charge is 2.31. The summed E-state index contributed by atoms with van der Waals surface area (Å²) in [7, 11) is 1.50. The second-order valence-corrected chi connectivity index (χ2v) is 15.7. The molecule has 2 heterocycles. The molecule has 15 heteroatoms. The predicted octanol–water partition coefficient (Wildman–Crippen LogP) is 9.34. The lowest BCUT2D eigenvalue weighted by molar-refractivity contribution is 0.330. The maximum atomic E-state index is 11.3. The van der Waals surface area contributed by atoms with Crippen molar-refractivity contribution in [1.29, 1.82) is 0 Å². The van der Waals surface area contributed by atoms with Gasteiger partial charge in [0.1, 0.15) is 12.0 Å². The van der Waals surface area contributed by atoms with E-state index in [1.54, 1.807) is 34.9 Å². The second kappa shape index (κ2) is 15.9. The van der Waals surface area contributed by atoms with E-state index in [4.69, 9.17) is 14.7 Å². The molecular formula is C52H38N4O11. The summed E-state index contributed by atoms with van der Waals surface area (Å²) in [5.41, 5.74) is 3.85. The Bertz CT molecular complexity index is 3480. The third-order valence-corrected chi connectivity index (χ3v) is 11.9. The lowest BCUT2D eigenvalue weighted by Gasteiger charge is -2.23. The van der Waals surface area contributed by atoms with Crippen LogP contribution in [0.5, 0.6) is 63.2 Å². The first-order chi connectivity index (χ1) is 32.4. The van der Waals surface area contributed by atoms with Crippen molar-refractivity contribution in [3.63, 3.8) is 0 Å². The van der Waals surface area contributed by atoms with Gasteiger partial charge in [-0.05, 0) is 41.0 Å². The molecule has 332 valence electrons. The number of rotatable bonds is 8. The van der Waals surface area contributed by atoms with Crippen molar-refractivity contribution in [1.82, 2.24) is 9.88 Å². The van der Waals surface area contributed by atoms with Crippen LogP contribution in [0.2, 0.25) is 0 Å². The molecule has 0 bridgehead atoms. The number of phenolic OH excluding ortho intramolecular Hbond substituents is 10. The Hall–Kier alpha value is -9.50. The van der Waals surface area contributed by atoms with Crippen molar-refractivity contribution >= 4 is 33.5 Å². The molecule has 0 amide bonds. The maximum Gasteiger partial charge on any atom is 0.208 e. The number of fused-ring (bicyclic) bond motifs is 3. The molecule has 0 fully saturated rings. The van der Waals surface area contributed by atoms with Crippen LogP contribution in [0, 0.1) is 0 Å². The number of hydrogen-bond acceptors (Lipinski definition) is 14. The summed E-state index contributed by atoms with van der Waals surface area (Å²) in [6.07, 6.45) is -0.399. The van der Waals surface area contributed by atoms with Gasteiger partial charge in [-0.25, -0.2) is 9.98 Å². The number of aliphatic imine (C=N–C) groups is 2. The minimum absolute atomic E-state index is 0.118. The fourth-order valence-corrected chi connectivity index (χ4v) is 8.67. The van der Waals surface area contributed by atoms with Crippen LogP contribution in [-0.4, -0.2) is 74.4 Å². The van der Waals surface area contributed by atoms with Crippen LogP contribution in [0.25, 0.3) is 60.9 Å². The number of benzene rings is 8. The Morgan fingerprint density at radius 3 is 1.66 bits per heavy atom. The van der Waals surface area contributed by atoms with Crippen molar-refractivity contribution in [3.8, 4) is 102 Å². The summed E-state index contributed by atoms with van der Waals surface area (Å²) >= 11 is 0. The number of aromatic hydroxyl groups is 10. The third-order valence-electron chi connectivity index (χ3n) is 11.9. The van der Waals surface area contributed by atoms with Gasteiger partial charge in [-0.1, -0.05) is 115 Å². The summed E-state index contributed by atoms with van der Waals surface area (Å²) in [6, 6.07) is 42.5. The summed E-state index contributed by atoms with van der Waals surface area (Å²) in [5, 5.41) is 113. The Morgan fingerprint density at radius 1 is 0.478 bits per heavy atom. The van der Waals surface area contributed by atoms with Crippen LogP contribution < -0.4 is 10.1 Å². The van der Waals surface area contributed by atoms with Crippen LogP contribution >= 0.6 is 0 Å². The van der Waals surface area contributed by atoms with E-state index in [-0.39, 0.29) is 22.0 Å². The van der Waals surface area contributed by atoms with Gasteiger partial charge in [-0.15, -0.1) is 0 Å². The van der Waals surface area contributed by atoms with E-state index < -0.39 is 74.8 Å². The van der Waals surface area contributed by atoms with Crippen LogP contribution in [-0.2, 0) is 0 Å². The standard InChI is InChI=1S/C52H38N4O11/c1-67-49-30(25-19-21-28(22-20-25)52-54-50(26-11-4-2-5-12-26)53-51(55-52)27-13-6-3-7-14-27)16-10-18-34(49)56-33-17-9-8-15-31(33)37-32(38-41(59)45(63)48(66)46(64)42(38)60)23-29(24-35(37)56)36-39(57)43(61)47(65)44(62)40(36)58/h2-24,50,57-66H,1H3,(H,53,54,55). The summed E-state index contributed by atoms with van der Waals surface area (Å²) in [6.45, 7) is 0. The van der Waals surface area contributed by atoms with E-state index in [2.05, 4.69) is 5.32 Å². The molecule has 1 aliphatic heterocycles. The van der Waals surface area contributed by atoms with E-state index in [0.29, 0.717) is 39.6 Å². The molecule has 10 rings (SSSR count). The van der Waals surface area contributed by atoms with Crippen molar-refractivity contribution < 1.29 is 55.8 Å². The van der Waals surface area contributed by atoms with Gasteiger partial charge in [0.25, 0.3) is 0 Å². The molecule has 8 aromatic carbocycles. The highest BCUT2D eigenvalue weighted by molar-refractivity contribution is 6.19. The number of para-hydroxylation sites is 2. The van der Waals surface area contributed by atoms with E-state index in [9.17, 15) is 51.1 Å².